The number of pyridine rings is 1. The molecule has 1 aromatic heterocycles. The molecule has 3 nitrogen and oxygen atoms in total. The van der Waals surface area contributed by atoms with Gasteiger partial charge in [0.25, 0.3) is 0 Å². The summed E-state index contributed by atoms with van der Waals surface area (Å²) in [7, 11) is -2.68. The lowest BCUT2D eigenvalue weighted by Gasteiger charge is -2.18. The zero-order valence-corrected chi connectivity index (χ0v) is 9.81. The van der Waals surface area contributed by atoms with Gasteiger partial charge in [0, 0.05) is 12.5 Å². The summed E-state index contributed by atoms with van der Waals surface area (Å²) >= 11 is 0. The zero-order valence-electron chi connectivity index (χ0n) is 9.00. The summed E-state index contributed by atoms with van der Waals surface area (Å²) in [6, 6.07) is 3.57. The molecule has 0 saturated carbocycles. The highest BCUT2D eigenvalue weighted by Crippen LogP contribution is 2.21. The zero-order chi connectivity index (χ0) is 11.0. The molecule has 0 saturated heterocycles. The summed E-state index contributed by atoms with van der Waals surface area (Å²) in [4.78, 5) is 4.05. The van der Waals surface area contributed by atoms with Crippen LogP contribution in [0.4, 0.5) is 0 Å². The molecule has 0 aliphatic rings. The van der Waals surface area contributed by atoms with Crippen LogP contribution in [-0.2, 0) is 15.1 Å². The first-order valence-corrected chi connectivity index (χ1v) is 6.38. The van der Waals surface area contributed by atoms with E-state index >= 15 is 0 Å². The third-order valence-corrected chi connectivity index (χ3v) is 3.04. The fourth-order valence-electron chi connectivity index (χ4n) is 1.05. The number of aromatic nitrogens is 1. The Morgan fingerprint density at radius 3 is 2.21 bits per heavy atom. The Morgan fingerprint density at radius 1 is 1.36 bits per heavy atom. The van der Waals surface area contributed by atoms with Crippen LogP contribution in [0.25, 0.3) is 0 Å². The summed E-state index contributed by atoms with van der Waals surface area (Å²) in [5, 5.41) is 0.352. The Morgan fingerprint density at radius 2 is 1.93 bits per heavy atom. The molecule has 0 aliphatic heterocycles. The van der Waals surface area contributed by atoms with Gasteiger partial charge in [-0.1, -0.05) is 26.8 Å². The van der Waals surface area contributed by atoms with Gasteiger partial charge in [0.15, 0.2) is 0 Å². The highest BCUT2D eigenvalue weighted by atomic mass is 32.2. The molecule has 0 spiro atoms. The second-order valence-corrected chi connectivity index (χ2v) is 6.58. The van der Waals surface area contributed by atoms with Gasteiger partial charge < -0.3 is 0 Å². The molecular weight excluding hydrogens is 196 g/mol. The molecule has 0 amide bonds. The van der Waals surface area contributed by atoms with Gasteiger partial charge in [0.05, 0.1) is 9.73 Å². The van der Waals surface area contributed by atoms with Crippen molar-refractivity contribution in [2.75, 3.05) is 6.26 Å². The SMILES string of the molecule is CC(C)(C)c1ccc(S(C)(=N)=O)nc1. The summed E-state index contributed by atoms with van der Waals surface area (Å²) < 4.78 is 18.7. The molecule has 4 heteroatoms. The van der Waals surface area contributed by atoms with Crippen molar-refractivity contribution in [2.45, 2.75) is 31.2 Å². The Balaban J connectivity index is 3.14. The average molecular weight is 212 g/mol. The topological polar surface area (TPSA) is 53.8 Å². The standard InChI is InChI=1S/C10H16N2OS/c1-10(2,3)8-5-6-9(12-7-8)14(4,11)13/h5-7,11H,1-4H3. The van der Waals surface area contributed by atoms with Crippen LogP contribution in [0.1, 0.15) is 26.3 Å². The molecule has 0 fully saturated rings. The molecule has 0 radical (unpaired) electrons. The van der Waals surface area contributed by atoms with Crippen LogP contribution < -0.4 is 0 Å². The molecule has 0 aliphatic carbocycles. The first-order valence-electron chi connectivity index (χ1n) is 4.41. The summed E-state index contributed by atoms with van der Waals surface area (Å²) in [5.74, 6) is 0. The molecule has 0 aromatic carbocycles. The van der Waals surface area contributed by atoms with E-state index in [1.165, 1.54) is 6.26 Å². The Bertz CT molecular complexity index is 412. The van der Waals surface area contributed by atoms with Crippen molar-refractivity contribution < 1.29 is 4.21 Å². The molecule has 1 unspecified atom stereocenters. The van der Waals surface area contributed by atoms with Gasteiger partial charge in [0.1, 0.15) is 5.03 Å². The van der Waals surface area contributed by atoms with E-state index in [4.69, 9.17) is 4.78 Å². The lowest BCUT2D eigenvalue weighted by Crippen LogP contribution is -2.12. The van der Waals surface area contributed by atoms with Gasteiger partial charge >= 0.3 is 0 Å². The summed E-state index contributed by atoms with van der Waals surface area (Å²) in [6.45, 7) is 6.27. The van der Waals surface area contributed by atoms with Crippen LogP contribution in [-0.4, -0.2) is 15.4 Å². The van der Waals surface area contributed by atoms with Gasteiger partial charge in [0.2, 0.25) is 0 Å². The predicted octanol–water partition coefficient (Wildman–Crippen LogP) is 2.41. The maximum Gasteiger partial charge on any atom is 0.135 e. The number of hydrogen-bond donors (Lipinski definition) is 1. The second kappa shape index (κ2) is 3.35. The third-order valence-electron chi connectivity index (χ3n) is 2.00. The van der Waals surface area contributed by atoms with Crippen LogP contribution in [0.3, 0.4) is 0 Å². The highest BCUT2D eigenvalue weighted by Gasteiger charge is 2.14. The number of hydrogen-bond acceptors (Lipinski definition) is 3. The van der Waals surface area contributed by atoms with E-state index in [1.807, 2.05) is 6.07 Å². The molecule has 78 valence electrons. The molecule has 1 atom stereocenters. The maximum atomic E-state index is 11.4. The van der Waals surface area contributed by atoms with E-state index < -0.39 is 9.73 Å². The van der Waals surface area contributed by atoms with Crippen LogP contribution in [0.2, 0.25) is 0 Å². The summed E-state index contributed by atoms with van der Waals surface area (Å²) in [6.07, 6.45) is 3.08. The van der Waals surface area contributed by atoms with E-state index in [0.29, 0.717) is 5.03 Å². The molecule has 1 heterocycles. The van der Waals surface area contributed by atoms with Crippen molar-refractivity contribution in [3.63, 3.8) is 0 Å². The lowest BCUT2D eigenvalue weighted by molar-refractivity contribution is 0.585. The minimum absolute atomic E-state index is 0.0438. The minimum Gasteiger partial charge on any atom is -0.248 e. The molecule has 0 bridgehead atoms. The molecule has 1 N–H and O–H groups in total. The molecule has 14 heavy (non-hydrogen) atoms. The van der Waals surface area contributed by atoms with Crippen LogP contribution >= 0.6 is 0 Å². The largest absolute Gasteiger partial charge is 0.248 e. The first kappa shape index (κ1) is 11.2. The number of rotatable bonds is 1. The van der Waals surface area contributed by atoms with E-state index in [9.17, 15) is 4.21 Å². The average Bonchev–Trinajstić information content (AvgIpc) is 2.01. The number of nitrogens with one attached hydrogen (secondary N) is 1. The van der Waals surface area contributed by atoms with Gasteiger partial charge in [-0.25, -0.2) is 14.0 Å². The van der Waals surface area contributed by atoms with Gasteiger partial charge in [-0.3, -0.25) is 0 Å². The first-order chi connectivity index (χ1) is 6.21. The van der Waals surface area contributed by atoms with E-state index in [0.717, 1.165) is 5.56 Å². The van der Waals surface area contributed by atoms with Gasteiger partial charge in [-0.2, -0.15) is 0 Å². The Kier molecular flexibility index (Phi) is 2.67. The molecule has 1 rings (SSSR count). The van der Waals surface area contributed by atoms with Crippen molar-refractivity contribution in [1.29, 1.82) is 4.78 Å². The highest BCUT2D eigenvalue weighted by molar-refractivity contribution is 7.91. The van der Waals surface area contributed by atoms with Crippen molar-refractivity contribution in [3.05, 3.63) is 23.9 Å². The van der Waals surface area contributed by atoms with E-state index in [2.05, 4.69) is 25.8 Å². The lowest BCUT2D eigenvalue weighted by atomic mass is 9.88. The van der Waals surface area contributed by atoms with Crippen LogP contribution in [0.15, 0.2) is 23.4 Å². The third kappa shape index (κ3) is 2.54. The molecular formula is C10H16N2OS. The van der Waals surface area contributed by atoms with Crippen molar-refractivity contribution >= 4 is 9.73 Å². The Hall–Kier alpha value is -0.900. The smallest absolute Gasteiger partial charge is 0.135 e. The van der Waals surface area contributed by atoms with Crippen molar-refractivity contribution in [2.24, 2.45) is 0 Å². The normalized spacial score (nSPS) is 16.3. The van der Waals surface area contributed by atoms with E-state index in [1.54, 1.807) is 12.3 Å². The number of nitrogens with zero attached hydrogens (tertiary/aromatic N) is 1. The Labute approximate surface area is 85.5 Å². The van der Waals surface area contributed by atoms with Crippen molar-refractivity contribution in [3.8, 4) is 0 Å². The van der Waals surface area contributed by atoms with Crippen molar-refractivity contribution in [1.82, 2.24) is 4.98 Å². The van der Waals surface area contributed by atoms with Crippen LogP contribution in [0.5, 0.6) is 0 Å². The minimum atomic E-state index is -2.68. The summed E-state index contributed by atoms with van der Waals surface area (Å²) in [5.41, 5.74) is 1.13. The fourth-order valence-corrected chi connectivity index (χ4v) is 1.64. The van der Waals surface area contributed by atoms with Gasteiger partial charge in [-0.05, 0) is 17.0 Å². The second-order valence-electron chi connectivity index (χ2n) is 4.48. The predicted molar refractivity (Wildman–Crippen MR) is 58.0 cm³/mol. The van der Waals surface area contributed by atoms with Crippen LogP contribution in [0, 0.1) is 4.78 Å². The maximum absolute atomic E-state index is 11.4. The fraction of sp³-hybridized carbons (Fsp3) is 0.500. The monoisotopic (exact) mass is 212 g/mol. The van der Waals surface area contributed by atoms with Gasteiger partial charge in [-0.15, -0.1) is 0 Å². The quantitative estimate of drug-likeness (QED) is 0.777. The van der Waals surface area contributed by atoms with E-state index in [-0.39, 0.29) is 5.41 Å². The molecule has 1 aromatic rings.